The van der Waals surface area contributed by atoms with Crippen molar-refractivity contribution in [3.8, 4) is 0 Å². The van der Waals surface area contributed by atoms with Crippen LogP contribution in [-0.4, -0.2) is 46.7 Å². The number of nitrogens with two attached hydrogens (primary N) is 1. The summed E-state index contributed by atoms with van der Waals surface area (Å²) in [5.41, 5.74) is 3.16. The van der Waals surface area contributed by atoms with Gasteiger partial charge in [0, 0.05) is 17.3 Å². The van der Waals surface area contributed by atoms with Gasteiger partial charge in [0.15, 0.2) is 11.6 Å². The van der Waals surface area contributed by atoms with Gasteiger partial charge in [-0.1, -0.05) is 0 Å². The summed E-state index contributed by atoms with van der Waals surface area (Å²) in [5, 5.41) is 12.2. The van der Waals surface area contributed by atoms with E-state index in [2.05, 4.69) is 10.2 Å². The van der Waals surface area contributed by atoms with Crippen LogP contribution in [0.1, 0.15) is 49.2 Å². The van der Waals surface area contributed by atoms with Crippen molar-refractivity contribution in [2.24, 2.45) is 0 Å². The van der Waals surface area contributed by atoms with Crippen molar-refractivity contribution < 1.29 is 18.7 Å². The molecule has 0 aliphatic carbocycles. The minimum atomic E-state index is -1.42. The van der Waals surface area contributed by atoms with Crippen LogP contribution in [0.5, 0.6) is 0 Å². The zero-order valence-electron chi connectivity index (χ0n) is 17.3. The van der Waals surface area contributed by atoms with Gasteiger partial charge in [0.05, 0.1) is 16.6 Å². The van der Waals surface area contributed by atoms with Crippen LogP contribution in [0.4, 0.5) is 20.2 Å². The molecule has 1 aromatic carbocycles. The Hall–Kier alpha value is -2.68. The van der Waals surface area contributed by atoms with Gasteiger partial charge in [-0.05, 0) is 59.7 Å². The molecule has 0 atom stereocenters. The Balaban J connectivity index is 2.02. The normalized spacial score (nSPS) is 19.2. The minimum absolute atomic E-state index is 0.127. The number of nitrogens with one attached hydrogen (secondary N) is 1. The predicted molar refractivity (Wildman–Crippen MR) is 111 cm³/mol. The number of nitrogens with zero attached hydrogens (tertiary/aromatic N) is 2. The van der Waals surface area contributed by atoms with Gasteiger partial charge >= 0.3 is 5.97 Å². The van der Waals surface area contributed by atoms with Gasteiger partial charge in [-0.3, -0.25) is 4.79 Å². The van der Waals surface area contributed by atoms with E-state index in [0.717, 1.165) is 25.9 Å². The maximum Gasteiger partial charge on any atom is 0.341 e. The summed E-state index contributed by atoms with van der Waals surface area (Å²) in [6.45, 7) is 5.27. The molecule has 4 N–H and O–H groups in total. The number of anilines is 2. The molecule has 9 heteroatoms. The number of aromatic carboxylic acids is 1. The van der Waals surface area contributed by atoms with E-state index < -0.39 is 45.2 Å². The highest BCUT2D eigenvalue weighted by molar-refractivity contribution is 6.01. The maximum absolute atomic E-state index is 15.8. The topological polar surface area (TPSA) is 101 Å². The molecule has 3 heterocycles. The molecule has 0 spiro atoms. The van der Waals surface area contributed by atoms with Crippen LogP contribution < -0.4 is 16.5 Å². The lowest BCUT2D eigenvalue weighted by Gasteiger charge is -2.31. The number of carboxylic acid groups (broad SMARTS) is 1. The molecular formula is C21H26F2N4O3. The third kappa shape index (κ3) is 2.94. The van der Waals surface area contributed by atoms with Crippen molar-refractivity contribution in [3.05, 3.63) is 33.1 Å². The molecule has 162 valence electrons. The lowest BCUT2D eigenvalue weighted by atomic mass is 10.0. The molecule has 0 unspecified atom stereocenters. The second-order valence-electron chi connectivity index (χ2n) is 8.97. The molecule has 2 aliphatic heterocycles. The zero-order valence-corrected chi connectivity index (χ0v) is 17.3. The highest BCUT2D eigenvalue weighted by atomic mass is 19.1. The van der Waals surface area contributed by atoms with Crippen molar-refractivity contribution in [3.63, 3.8) is 0 Å². The largest absolute Gasteiger partial charge is 0.477 e. The van der Waals surface area contributed by atoms with Crippen molar-refractivity contribution in [2.75, 3.05) is 31.2 Å². The minimum Gasteiger partial charge on any atom is -0.477 e. The number of pyridine rings is 1. The van der Waals surface area contributed by atoms with E-state index in [1.54, 1.807) is 0 Å². The molecule has 0 bridgehead atoms. The SMILES string of the molecule is CN1CCC(Nc2c(F)c(N)c3c(=O)c(C(=O)O)c4n(c3c2F)C(C)(C)CC4)CC1. The third-order valence-electron chi connectivity index (χ3n) is 6.49. The van der Waals surface area contributed by atoms with Crippen LogP contribution in [0.25, 0.3) is 10.9 Å². The Morgan fingerprint density at radius 2 is 1.87 bits per heavy atom. The van der Waals surface area contributed by atoms with Crippen LogP contribution >= 0.6 is 0 Å². The van der Waals surface area contributed by atoms with Crippen LogP contribution in [0.15, 0.2) is 4.79 Å². The molecular weight excluding hydrogens is 394 g/mol. The van der Waals surface area contributed by atoms with E-state index in [1.807, 2.05) is 20.9 Å². The molecule has 1 saturated heterocycles. The number of likely N-dealkylation sites (tertiary alicyclic amines) is 1. The highest BCUT2D eigenvalue weighted by Gasteiger charge is 2.38. The van der Waals surface area contributed by atoms with Crippen LogP contribution in [0.3, 0.4) is 0 Å². The second-order valence-corrected chi connectivity index (χ2v) is 8.97. The molecule has 0 amide bonds. The first-order valence-electron chi connectivity index (χ1n) is 10.1. The van der Waals surface area contributed by atoms with Gasteiger partial charge in [-0.15, -0.1) is 0 Å². The van der Waals surface area contributed by atoms with Crippen LogP contribution in [0.2, 0.25) is 0 Å². The molecule has 1 aromatic heterocycles. The number of piperidine rings is 1. The van der Waals surface area contributed by atoms with Gasteiger partial charge in [0.2, 0.25) is 5.43 Å². The Bertz CT molecular complexity index is 1120. The lowest BCUT2D eigenvalue weighted by Crippen LogP contribution is -2.37. The summed E-state index contributed by atoms with van der Waals surface area (Å²) in [4.78, 5) is 26.9. The average molecular weight is 420 g/mol. The van der Waals surface area contributed by atoms with Crippen LogP contribution in [-0.2, 0) is 12.0 Å². The Labute approximate surface area is 172 Å². The average Bonchev–Trinajstić information content (AvgIpc) is 2.98. The van der Waals surface area contributed by atoms with E-state index in [-0.39, 0.29) is 22.9 Å². The van der Waals surface area contributed by atoms with Gasteiger partial charge in [0.1, 0.15) is 11.3 Å². The van der Waals surface area contributed by atoms with Gasteiger partial charge in [0.25, 0.3) is 0 Å². The van der Waals surface area contributed by atoms with Gasteiger partial charge in [-0.25, -0.2) is 13.6 Å². The fourth-order valence-corrected chi connectivity index (χ4v) is 4.78. The fourth-order valence-electron chi connectivity index (χ4n) is 4.78. The Morgan fingerprint density at radius 1 is 1.23 bits per heavy atom. The first-order chi connectivity index (χ1) is 14.0. The number of benzene rings is 1. The first kappa shape index (κ1) is 20.6. The summed E-state index contributed by atoms with van der Waals surface area (Å²) < 4.78 is 32.5. The van der Waals surface area contributed by atoms with Gasteiger partial charge < -0.3 is 25.6 Å². The highest BCUT2D eigenvalue weighted by Crippen LogP contribution is 2.41. The molecule has 2 aromatic rings. The van der Waals surface area contributed by atoms with E-state index in [0.29, 0.717) is 12.8 Å². The number of hydrogen-bond acceptors (Lipinski definition) is 5. The quantitative estimate of drug-likeness (QED) is 0.661. The first-order valence-corrected chi connectivity index (χ1v) is 10.1. The predicted octanol–water partition coefficient (Wildman–Crippen LogP) is 2.75. The standard InChI is InChI=1S/C21H26F2N4O3/c1-21(2)7-4-11-12(20(29)30)19(28)13-16(24)14(22)17(15(23)18(13)27(11)21)25-10-5-8-26(3)9-6-10/h10,25H,4-9,24H2,1-3H3,(H,29,30). The van der Waals surface area contributed by atoms with Gasteiger partial charge in [-0.2, -0.15) is 0 Å². The molecule has 0 radical (unpaired) electrons. The number of carbonyl (C=O) groups is 1. The van der Waals surface area contributed by atoms with E-state index in [1.165, 1.54) is 4.57 Å². The van der Waals surface area contributed by atoms with Crippen LogP contribution in [0, 0.1) is 11.6 Å². The zero-order chi connectivity index (χ0) is 22.0. The van der Waals surface area contributed by atoms with E-state index >= 15 is 8.78 Å². The molecule has 2 aliphatic rings. The summed E-state index contributed by atoms with van der Waals surface area (Å²) in [6, 6.07) is -0.127. The molecule has 4 rings (SSSR count). The molecule has 30 heavy (non-hydrogen) atoms. The number of fused-ring (bicyclic) bond motifs is 3. The summed E-state index contributed by atoms with van der Waals surface area (Å²) in [7, 11) is 1.99. The van der Waals surface area contributed by atoms with Crippen molar-refractivity contribution in [1.29, 1.82) is 0 Å². The maximum atomic E-state index is 15.8. The summed E-state index contributed by atoms with van der Waals surface area (Å²) in [6.07, 6.45) is 2.28. The number of hydrogen-bond donors (Lipinski definition) is 3. The fraction of sp³-hybridized carbons (Fsp3) is 0.524. The Kier molecular flexibility index (Phi) is 4.76. The smallest absolute Gasteiger partial charge is 0.341 e. The molecule has 7 nitrogen and oxygen atoms in total. The Morgan fingerprint density at radius 3 is 2.47 bits per heavy atom. The molecule has 1 fully saturated rings. The third-order valence-corrected chi connectivity index (χ3v) is 6.49. The second kappa shape index (κ2) is 6.94. The number of rotatable bonds is 3. The number of halogens is 2. The van der Waals surface area contributed by atoms with E-state index in [9.17, 15) is 14.7 Å². The van der Waals surface area contributed by atoms with Crippen molar-refractivity contribution >= 4 is 28.2 Å². The molecule has 0 saturated carbocycles. The monoisotopic (exact) mass is 420 g/mol. The number of nitrogen functional groups attached to an aromatic ring is 1. The lowest BCUT2D eigenvalue weighted by molar-refractivity contribution is 0.0693. The van der Waals surface area contributed by atoms with E-state index in [4.69, 9.17) is 5.73 Å². The van der Waals surface area contributed by atoms with Crippen molar-refractivity contribution in [2.45, 2.75) is 51.1 Å². The summed E-state index contributed by atoms with van der Waals surface area (Å²) in [5.74, 6) is -3.37. The summed E-state index contributed by atoms with van der Waals surface area (Å²) >= 11 is 0. The van der Waals surface area contributed by atoms with Crippen molar-refractivity contribution in [1.82, 2.24) is 9.47 Å². The number of aromatic nitrogens is 1. The number of carboxylic acids is 1.